The Labute approximate surface area is 99.3 Å². The van der Waals surface area contributed by atoms with Crippen molar-refractivity contribution in [1.29, 1.82) is 0 Å². The van der Waals surface area contributed by atoms with Gasteiger partial charge in [0.05, 0.1) is 12.8 Å². The number of hydrogen-bond donors (Lipinski definition) is 0. The molecule has 3 fully saturated rings. The second kappa shape index (κ2) is 4.66. The third kappa shape index (κ3) is 2.02. The first kappa shape index (κ1) is 11.0. The van der Waals surface area contributed by atoms with Gasteiger partial charge in [-0.15, -0.1) is 0 Å². The van der Waals surface area contributed by atoms with Gasteiger partial charge in [-0.1, -0.05) is 19.8 Å². The van der Waals surface area contributed by atoms with Gasteiger partial charge in [0.15, 0.2) is 0 Å². The van der Waals surface area contributed by atoms with Crippen molar-refractivity contribution in [1.82, 2.24) is 4.90 Å². The van der Waals surface area contributed by atoms with E-state index in [9.17, 15) is 0 Å². The van der Waals surface area contributed by atoms with Gasteiger partial charge in [-0.05, 0) is 43.9 Å². The highest BCUT2D eigenvalue weighted by Crippen LogP contribution is 2.38. The van der Waals surface area contributed by atoms with E-state index in [-0.39, 0.29) is 0 Å². The van der Waals surface area contributed by atoms with Crippen LogP contribution >= 0.6 is 0 Å². The summed E-state index contributed by atoms with van der Waals surface area (Å²) in [5, 5.41) is 0. The minimum absolute atomic E-state index is 0.602. The van der Waals surface area contributed by atoms with Crippen LogP contribution in [0.2, 0.25) is 0 Å². The van der Waals surface area contributed by atoms with Crippen molar-refractivity contribution < 1.29 is 4.74 Å². The van der Waals surface area contributed by atoms with E-state index >= 15 is 0 Å². The summed E-state index contributed by atoms with van der Waals surface area (Å²) in [4.78, 5) is 2.63. The van der Waals surface area contributed by atoms with E-state index in [0.29, 0.717) is 6.10 Å². The maximum Gasteiger partial charge on any atom is 0.0996 e. The molecule has 0 N–H and O–H groups in total. The van der Waals surface area contributed by atoms with E-state index in [1.165, 1.54) is 51.5 Å². The molecule has 0 bridgehead atoms. The van der Waals surface area contributed by atoms with E-state index in [0.717, 1.165) is 24.6 Å². The van der Waals surface area contributed by atoms with Crippen LogP contribution < -0.4 is 0 Å². The smallest absolute Gasteiger partial charge is 0.0996 e. The third-order valence-corrected chi connectivity index (χ3v) is 5.11. The molecule has 1 aliphatic carbocycles. The van der Waals surface area contributed by atoms with Gasteiger partial charge >= 0.3 is 0 Å². The third-order valence-electron chi connectivity index (χ3n) is 5.11. The summed E-state index contributed by atoms with van der Waals surface area (Å²) in [6, 6.07) is 0.843. The summed E-state index contributed by atoms with van der Waals surface area (Å²) in [6.45, 7) is 4.54. The number of hydrogen-bond acceptors (Lipinski definition) is 2. The molecule has 2 aliphatic heterocycles. The molecule has 1 saturated carbocycles. The summed E-state index contributed by atoms with van der Waals surface area (Å²) in [5.74, 6) is 1.81. The number of ether oxygens (including phenoxy) is 1. The Bertz CT molecular complexity index is 243. The summed E-state index contributed by atoms with van der Waals surface area (Å²) in [6.07, 6.45) is 10.4. The van der Waals surface area contributed by atoms with Crippen LogP contribution in [-0.2, 0) is 4.74 Å². The van der Waals surface area contributed by atoms with E-state index in [2.05, 4.69) is 11.8 Å². The van der Waals surface area contributed by atoms with E-state index < -0.39 is 0 Å². The van der Waals surface area contributed by atoms with E-state index in [4.69, 9.17) is 4.74 Å². The molecule has 92 valence electrons. The van der Waals surface area contributed by atoms with Crippen molar-refractivity contribution in [3.63, 3.8) is 0 Å². The second-order valence-corrected chi connectivity index (χ2v) is 6.04. The molecule has 0 amide bonds. The maximum atomic E-state index is 6.12. The van der Waals surface area contributed by atoms with Gasteiger partial charge in [0.2, 0.25) is 0 Å². The largest absolute Gasteiger partial charge is 0.363 e. The van der Waals surface area contributed by atoms with Crippen LogP contribution in [0.3, 0.4) is 0 Å². The standard InChI is InChI=1S/C14H25NO/c1-2-11-6-7-13-8-12-4-3-5-14(12)16-10-15(13)9-11/h11-14H,2-10H2,1H3/t11-,12+,13-,14-/m1/s1. The highest BCUT2D eigenvalue weighted by Gasteiger charge is 2.37. The Morgan fingerprint density at radius 3 is 3.00 bits per heavy atom. The van der Waals surface area contributed by atoms with Crippen LogP contribution in [-0.4, -0.2) is 30.3 Å². The summed E-state index contributed by atoms with van der Waals surface area (Å²) in [7, 11) is 0. The van der Waals surface area contributed by atoms with Gasteiger partial charge in [-0.2, -0.15) is 0 Å². The fourth-order valence-corrected chi connectivity index (χ4v) is 3.97. The predicted molar refractivity (Wildman–Crippen MR) is 65.2 cm³/mol. The van der Waals surface area contributed by atoms with E-state index in [1.807, 2.05) is 0 Å². The summed E-state index contributed by atoms with van der Waals surface area (Å²) in [5.41, 5.74) is 0. The number of piperidine rings is 1. The van der Waals surface area contributed by atoms with Crippen molar-refractivity contribution in [2.75, 3.05) is 13.3 Å². The average Bonchev–Trinajstić information content (AvgIpc) is 2.68. The molecule has 0 radical (unpaired) electrons. The fourth-order valence-electron chi connectivity index (χ4n) is 3.97. The Morgan fingerprint density at radius 1 is 1.19 bits per heavy atom. The predicted octanol–water partition coefficient (Wildman–Crippen LogP) is 3.02. The summed E-state index contributed by atoms with van der Waals surface area (Å²) < 4.78 is 6.12. The van der Waals surface area contributed by atoms with Crippen molar-refractivity contribution in [2.45, 2.75) is 64.0 Å². The lowest BCUT2D eigenvalue weighted by Gasteiger charge is -2.38. The van der Waals surface area contributed by atoms with Crippen LogP contribution in [0.25, 0.3) is 0 Å². The van der Waals surface area contributed by atoms with Crippen LogP contribution in [0.5, 0.6) is 0 Å². The molecule has 16 heavy (non-hydrogen) atoms. The number of nitrogens with zero attached hydrogens (tertiary/aromatic N) is 1. The molecule has 0 aromatic rings. The van der Waals surface area contributed by atoms with Crippen molar-refractivity contribution >= 4 is 0 Å². The molecule has 2 saturated heterocycles. The van der Waals surface area contributed by atoms with Crippen molar-refractivity contribution in [2.24, 2.45) is 11.8 Å². The lowest BCUT2D eigenvalue weighted by molar-refractivity contribution is -0.0374. The molecule has 3 aliphatic rings. The molecule has 0 unspecified atom stereocenters. The zero-order valence-electron chi connectivity index (χ0n) is 10.5. The number of fused-ring (bicyclic) bond motifs is 2. The zero-order valence-corrected chi connectivity index (χ0v) is 10.5. The molecule has 0 aromatic heterocycles. The molecule has 0 aromatic carbocycles. The Morgan fingerprint density at radius 2 is 2.12 bits per heavy atom. The first-order valence-electron chi connectivity index (χ1n) is 7.22. The normalized spacial score (nSPS) is 44.8. The van der Waals surface area contributed by atoms with Crippen molar-refractivity contribution in [3.8, 4) is 0 Å². The quantitative estimate of drug-likeness (QED) is 0.677. The van der Waals surface area contributed by atoms with Gasteiger partial charge in [0.1, 0.15) is 0 Å². The van der Waals surface area contributed by atoms with Crippen LogP contribution in [0, 0.1) is 11.8 Å². The monoisotopic (exact) mass is 223 g/mol. The van der Waals surface area contributed by atoms with E-state index in [1.54, 1.807) is 0 Å². The highest BCUT2D eigenvalue weighted by atomic mass is 16.5. The molecule has 2 heterocycles. The lowest BCUT2D eigenvalue weighted by atomic mass is 9.86. The van der Waals surface area contributed by atoms with Gasteiger partial charge < -0.3 is 4.74 Å². The van der Waals surface area contributed by atoms with Crippen molar-refractivity contribution in [3.05, 3.63) is 0 Å². The van der Waals surface area contributed by atoms with Gasteiger partial charge in [-0.25, -0.2) is 0 Å². The first-order chi connectivity index (χ1) is 7.86. The molecule has 2 heteroatoms. The Hall–Kier alpha value is -0.0800. The minimum atomic E-state index is 0.602. The first-order valence-corrected chi connectivity index (χ1v) is 7.22. The topological polar surface area (TPSA) is 12.5 Å². The molecule has 3 rings (SSSR count). The molecular weight excluding hydrogens is 198 g/mol. The zero-order chi connectivity index (χ0) is 11.0. The fraction of sp³-hybridized carbons (Fsp3) is 1.00. The molecular formula is C14H25NO. The molecule has 0 spiro atoms. The van der Waals surface area contributed by atoms with Crippen LogP contribution in [0.4, 0.5) is 0 Å². The van der Waals surface area contributed by atoms with Gasteiger partial charge in [-0.3, -0.25) is 4.90 Å². The van der Waals surface area contributed by atoms with Gasteiger partial charge in [0, 0.05) is 12.6 Å². The molecule has 4 atom stereocenters. The maximum absolute atomic E-state index is 6.12. The van der Waals surface area contributed by atoms with Crippen LogP contribution in [0.1, 0.15) is 51.9 Å². The summed E-state index contributed by atoms with van der Waals surface area (Å²) >= 11 is 0. The average molecular weight is 223 g/mol. The van der Waals surface area contributed by atoms with Crippen LogP contribution in [0.15, 0.2) is 0 Å². The lowest BCUT2D eigenvalue weighted by Crippen LogP contribution is -2.43. The number of rotatable bonds is 1. The Kier molecular flexibility index (Phi) is 3.21. The highest BCUT2D eigenvalue weighted by molar-refractivity contribution is 4.89. The SMILES string of the molecule is CC[C@@H]1CC[C@@H]2C[C@@H]3CCC[C@H]3OCN2C1. The van der Waals surface area contributed by atoms with Gasteiger partial charge in [0.25, 0.3) is 0 Å². The second-order valence-electron chi connectivity index (χ2n) is 6.04. The Balaban J connectivity index is 1.66. The molecule has 2 nitrogen and oxygen atoms in total. The minimum Gasteiger partial charge on any atom is -0.363 e.